The number of hydrogen-bond acceptors (Lipinski definition) is 3. The first kappa shape index (κ1) is 12.8. The van der Waals surface area contributed by atoms with Gasteiger partial charge in [-0.05, 0) is 18.9 Å². The number of rotatable bonds is 6. The lowest BCUT2D eigenvalue weighted by Crippen LogP contribution is -2.26. The summed E-state index contributed by atoms with van der Waals surface area (Å²) in [6, 6.07) is 4.90. The first-order chi connectivity index (χ1) is 8.69. The normalized spacial score (nSPS) is 14.3. The number of carbonyl (C=O) groups excluding carboxylic acids is 1. The van der Waals surface area contributed by atoms with Crippen LogP contribution in [0.3, 0.4) is 0 Å². The number of nitrogens with one attached hydrogen (secondary N) is 1. The van der Waals surface area contributed by atoms with E-state index in [1.165, 1.54) is 6.07 Å². The van der Waals surface area contributed by atoms with E-state index >= 15 is 0 Å². The molecule has 1 aromatic carbocycles. The molecule has 98 valence electrons. The maximum atomic E-state index is 13.4. The Hall–Kier alpha value is -1.62. The van der Waals surface area contributed by atoms with Crippen molar-refractivity contribution in [3.8, 4) is 5.75 Å². The van der Waals surface area contributed by atoms with Gasteiger partial charge in [0, 0.05) is 24.2 Å². The zero-order valence-electron chi connectivity index (χ0n) is 10.1. The van der Waals surface area contributed by atoms with E-state index in [0.717, 1.165) is 12.8 Å². The Bertz CT molecular complexity index is 433. The van der Waals surface area contributed by atoms with Gasteiger partial charge in [-0.3, -0.25) is 4.79 Å². The Kier molecular flexibility index (Phi) is 4.15. The fourth-order valence-electron chi connectivity index (χ4n) is 1.57. The topological polar surface area (TPSA) is 64.3 Å². The molecule has 0 aliphatic heterocycles. The van der Waals surface area contributed by atoms with Crippen LogP contribution >= 0.6 is 0 Å². The lowest BCUT2D eigenvalue weighted by atomic mass is 10.2. The largest absolute Gasteiger partial charge is 0.493 e. The van der Waals surface area contributed by atoms with Crippen LogP contribution in [0, 0.1) is 5.82 Å². The lowest BCUT2D eigenvalue weighted by Gasteiger charge is -2.08. The van der Waals surface area contributed by atoms with Gasteiger partial charge in [0.2, 0.25) is 5.91 Å². The van der Waals surface area contributed by atoms with Crippen molar-refractivity contribution in [2.24, 2.45) is 5.73 Å². The maximum absolute atomic E-state index is 13.4. The molecule has 1 aliphatic rings. The van der Waals surface area contributed by atoms with Crippen LogP contribution in [0.1, 0.15) is 24.8 Å². The van der Waals surface area contributed by atoms with E-state index in [0.29, 0.717) is 17.4 Å². The standard InChI is InChI=1S/C13H17FN2O2/c14-12-7-11(4-1-9(12)8-15)18-6-5-13(17)16-10-2-3-10/h1,4,7,10H,2-3,5-6,8,15H2,(H,16,17). The summed E-state index contributed by atoms with van der Waals surface area (Å²) in [7, 11) is 0. The molecular formula is C13H17FN2O2. The zero-order valence-corrected chi connectivity index (χ0v) is 10.1. The molecule has 1 saturated carbocycles. The van der Waals surface area contributed by atoms with Crippen molar-refractivity contribution in [1.82, 2.24) is 5.32 Å². The second-order valence-electron chi connectivity index (χ2n) is 4.40. The van der Waals surface area contributed by atoms with Crippen LogP contribution in [0.15, 0.2) is 18.2 Å². The molecule has 4 nitrogen and oxygen atoms in total. The highest BCUT2D eigenvalue weighted by molar-refractivity contribution is 5.76. The molecule has 1 aliphatic carbocycles. The first-order valence-electron chi connectivity index (χ1n) is 6.09. The molecule has 18 heavy (non-hydrogen) atoms. The number of hydrogen-bond donors (Lipinski definition) is 2. The van der Waals surface area contributed by atoms with Crippen LogP contribution in [0.5, 0.6) is 5.75 Å². The van der Waals surface area contributed by atoms with Crippen molar-refractivity contribution in [3.05, 3.63) is 29.6 Å². The summed E-state index contributed by atoms with van der Waals surface area (Å²) < 4.78 is 18.7. The Morgan fingerprint density at radius 1 is 1.50 bits per heavy atom. The zero-order chi connectivity index (χ0) is 13.0. The highest BCUT2D eigenvalue weighted by atomic mass is 19.1. The highest BCUT2D eigenvalue weighted by Crippen LogP contribution is 2.19. The Morgan fingerprint density at radius 2 is 2.28 bits per heavy atom. The first-order valence-corrected chi connectivity index (χ1v) is 6.09. The van der Waals surface area contributed by atoms with E-state index in [9.17, 15) is 9.18 Å². The van der Waals surface area contributed by atoms with Gasteiger partial charge < -0.3 is 15.8 Å². The van der Waals surface area contributed by atoms with E-state index < -0.39 is 0 Å². The van der Waals surface area contributed by atoms with Crippen LogP contribution in [0.25, 0.3) is 0 Å². The second-order valence-corrected chi connectivity index (χ2v) is 4.40. The molecular weight excluding hydrogens is 235 g/mol. The monoisotopic (exact) mass is 252 g/mol. The Morgan fingerprint density at radius 3 is 2.89 bits per heavy atom. The van der Waals surface area contributed by atoms with Crippen molar-refractivity contribution < 1.29 is 13.9 Å². The van der Waals surface area contributed by atoms with Gasteiger partial charge in [-0.15, -0.1) is 0 Å². The smallest absolute Gasteiger partial charge is 0.223 e. The molecule has 0 heterocycles. The van der Waals surface area contributed by atoms with Crippen LogP contribution in [0.4, 0.5) is 4.39 Å². The summed E-state index contributed by atoms with van der Waals surface area (Å²) in [5, 5.41) is 2.86. The molecule has 0 unspecified atom stereocenters. The number of carbonyl (C=O) groups is 1. The molecule has 0 atom stereocenters. The van der Waals surface area contributed by atoms with Crippen molar-refractivity contribution in [2.45, 2.75) is 31.8 Å². The summed E-state index contributed by atoms with van der Waals surface area (Å²) in [6.07, 6.45) is 2.42. The summed E-state index contributed by atoms with van der Waals surface area (Å²) >= 11 is 0. The number of nitrogens with two attached hydrogens (primary N) is 1. The number of benzene rings is 1. The van der Waals surface area contributed by atoms with Gasteiger partial charge in [0.25, 0.3) is 0 Å². The van der Waals surface area contributed by atoms with Crippen molar-refractivity contribution in [2.75, 3.05) is 6.61 Å². The van der Waals surface area contributed by atoms with Crippen molar-refractivity contribution in [3.63, 3.8) is 0 Å². The van der Waals surface area contributed by atoms with E-state index in [4.69, 9.17) is 10.5 Å². The van der Waals surface area contributed by atoms with E-state index in [-0.39, 0.29) is 31.3 Å². The molecule has 0 bridgehead atoms. The quantitative estimate of drug-likeness (QED) is 0.802. The van der Waals surface area contributed by atoms with Crippen LogP contribution in [-0.2, 0) is 11.3 Å². The third kappa shape index (κ3) is 3.70. The van der Waals surface area contributed by atoms with Crippen LogP contribution in [-0.4, -0.2) is 18.6 Å². The predicted octanol–water partition coefficient (Wildman–Crippen LogP) is 1.33. The maximum Gasteiger partial charge on any atom is 0.223 e. The van der Waals surface area contributed by atoms with E-state index in [1.54, 1.807) is 12.1 Å². The minimum absolute atomic E-state index is 0.0171. The fraction of sp³-hybridized carbons (Fsp3) is 0.462. The highest BCUT2D eigenvalue weighted by Gasteiger charge is 2.22. The summed E-state index contributed by atoms with van der Waals surface area (Å²) in [5.41, 5.74) is 5.81. The summed E-state index contributed by atoms with van der Waals surface area (Å²) in [6.45, 7) is 0.413. The molecule has 0 spiro atoms. The Labute approximate surface area is 105 Å². The average molecular weight is 252 g/mol. The number of halogens is 1. The van der Waals surface area contributed by atoms with Gasteiger partial charge in [0.1, 0.15) is 11.6 Å². The van der Waals surface area contributed by atoms with Gasteiger partial charge in [0.05, 0.1) is 13.0 Å². The third-order valence-corrected chi connectivity index (χ3v) is 2.78. The molecule has 5 heteroatoms. The fourth-order valence-corrected chi connectivity index (χ4v) is 1.57. The molecule has 1 aromatic rings. The Balaban J connectivity index is 1.75. The molecule has 3 N–H and O–H groups in total. The lowest BCUT2D eigenvalue weighted by molar-refractivity contribution is -0.121. The molecule has 0 aromatic heterocycles. The number of amides is 1. The average Bonchev–Trinajstić information content (AvgIpc) is 3.13. The van der Waals surface area contributed by atoms with Crippen molar-refractivity contribution in [1.29, 1.82) is 0 Å². The SMILES string of the molecule is NCc1ccc(OCCC(=O)NC2CC2)cc1F. The predicted molar refractivity (Wildman–Crippen MR) is 65.6 cm³/mol. The third-order valence-electron chi connectivity index (χ3n) is 2.78. The van der Waals surface area contributed by atoms with E-state index in [2.05, 4.69) is 5.32 Å². The molecule has 0 radical (unpaired) electrons. The van der Waals surface area contributed by atoms with Gasteiger partial charge in [0.15, 0.2) is 0 Å². The second kappa shape index (κ2) is 5.82. The van der Waals surface area contributed by atoms with Gasteiger partial charge in [-0.25, -0.2) is 4.39 Å². The van der Waals surface area contributed by atoms with Gasteiger partial charge in [-0.1, -0.05) is 6.07 Å². The van der Waals surface area contributed by atoms with Crippen LogP contribution in [0.2, 0.25) is 0 Å². The number of ether oxygens (including phenoxy) is 1. The molecule has 0 saturated heterocycles. The van der Waals surface area contributed by atoms with Crippen LogP contribution < -0.4 is 15.8 Å². The molecule has 2 rings (SSSR count). The van der Waals surface area contributed by atoms with Gasteiger partial charge >= 0.3 is 0 Å². The summed E-state index contributed by atoms with van der Waals surface area (Å²) in [4.78, 5) is 11.4. The molecule has 1 amide bonds. The minimum Gasteiger partial charge on any atom is -0.493 e. The van der Waals surface area contributed by atoms with E-state index in [1.807, 2.05) is 0 Å². The summed E-state index contributed by atoms with van der Waals surface area (Å²) in [5.74, 6) is 0.0258. The minimum atomic E-state index is -0.377. The molecule has 1 fully saturated rings. The van der Waals surface area contributed by atoms with Crippen molar-refractivity contribution >= 4 is 5.91 Å². The van der Waals surface area contributed by atoms with Gasteiger partial charge in [-0.2, -0.15) is 0 Å².